The second-order valence-electron chi connectivity index (χ2n) is 5.28. The summed E-state index contributed by atoms with van der Waals surface area (Å²) in [5.74, 6) is -0.792. The number of nitrogens with zero attached hydrogens (tertiary/aromatic N) is 2. The number of hydrogen-bond acceptors (Lipinski definition) is 4. The molecule has 2 rings (SSSR count). The van der Waals surface area contributed by atoms with E-state index in [1.54, 1.807) is 13.0 Å². The first-order chi connectivity index (χ1) is 9.33. The number of carbonyl (C=O) groups is 1. The average Bonchev–Trinajstić information content (AvgIpc) is 2.38. The molecule has 1 N–H and O–H groups in total. The fourth-order valence-corrected chi connectivity index (χ4v) is 3.33. The third-order valence-electron chi connectivity index (χ3n) is 3.70. The predicted octanol–water partition coefficient (Wildman–Crippen LogP) is 2.89. The number of nitro groups is 1. The molecule has 1 aromatic carbocycles. The first-order valence-electron chi connectivity index (χ1n) is 6.26. The maximum Gasteiger partial charge on any atom is 0.311 e. The van der Waals surface area contributed by atoms with Crippen LogP contribution in [0.1, 0.15) is 19.8 Å². The predicted molar refractivity (Wildman–Crippen MR) is 83.0 cm³/mol. The molecule has 0 aromatic heterocycles. The highest BCUT2D eigenvalue weighted by molar-refractivity contribution is 14.1. The van der Waals surface area contributed by atoms with Crippen molar-refractivity contribution in [3.05, 3.63) is 31.9 Å². The maximum absolute atomic E-state index is 11.4. The molecule has 0 amide bonds. The minimum absolute atomic E-state index is 0.0520. The number of piperidine rings is 1. The third-order valence-corrected chi connectivity index (χ3v) is 4.56. The highest BCUT2D eigenvalue weighted by Crippen LogP contribution is 2.35. The maximum atomic E-state index is 11.4. The van der Waals surface area contributed by atoms with Gasteiger partial charge in [-0.25, -0.2) is 0 Å². The number of anilines is 1. The summed E-state index contributed by atoms with van der Waals surface area (Å²) in [7, 11) is 0. The summed E-state index contributed by atoms with van der Waals surface area (Å²) in [4.78, 5) is 23.7. The van der Waals surface area contributed by atoms with Crippen molar-refractivity contribution in [2.45, 2.75) is 19.8 Å². The van der Waals surface area contributed by atoms with Gasteiger partial charge in [0.15, 0.2) is 0 Å². The monoisotopic (exact) mass is 390 g/mol. The fraction of sp³-hybridized carbons (Fsp3) is 0.462. The summed E-state index contributed by atoms with van der Waals surface area (Å²) in [5, 5.41) is 20.1. The molecule has 1 fully saturated rings. The number of hydrogen-bond donors (Lipinski definition) is 1. The standard InChI is InChI=1S/C13H15IN2O4/c1-13(12(17)18)5-2-6-15(8-13)11-4-3-9(16(19)20)7-10(11)14/h3-4,7H,2,5-6,8H2,1H3,(H,17,18). The molecule has 20 heavy (non-hydrogen) atoms. The van der Waals surface area contributed by atoms with Gasteiger partial charge >= 0.3 is 5.97 Å². The van der Waals surface area contributed by atoms with Crippen LogP contribution in [0.4, 0.5) is 11.4 Å². The molecule has 6 nitrogen and oxygen atoms in total. The Kier molecular flexibility index (Phi) is 4.17. The molecule has 1 unspecified atom stereocenters. The van der Waals surface area contributed by atoms with Crippen LogP contribution in [0.2, 0.25) is 0 Å². The van der Waals surface area contributed by atoms with Crippen molar-refractivity contribution in [3.8, 4) is 0 Å². The molecular formula is C13H15IN2O4. The fourth-order valence-electron chi connectivity index (χ4n) is 2.49. The summed E-state index contributed by atoms with van der Waals surface area (Å²) in [6, 6.07) is 4.68. The molecular weight excluding hydrogens is 375 g/mol. The Hall–Kier alpha value is -1.38. The van der Waals surface area contributed by atoms with E-state index in [1.165, 1.54) is 12.1 Å². The molecule has 0 spiro atoms. The van der Waals surface area contributed by atoms with Crippen molar-refractivity contribution in [1.82, 2.24) is 0 Å². The van der Waals surface area contributed by atoms with Gasteiger partial charge in [-0.1, -0.05) is 0 Å². The second-order valence-corrected chi connectivity index (χ2v) is 6.45. The molecule has 0 radical (unpaired) electrons. The van der Waals surface area contributed by atoms with Crippen molar-refractivity contribution < 1.29 is 14.8 Å². The summed E-state index contributed by atoms with van der Waals surface area (Å²) in [6.45, 7) is 2.95. The number of benzene rings is 1. The normalized spacial score (nSPS) is 22.6. The van der Waals surface area contributed by atoms with Crippen molar-refractivity contribution in [3.63, 3.8) is 0 Å². The smallest absolute Gasteiger partial charge is 0.311 e. The van der Waals surface area contributed by atoms with Crippen molar-refractivity contribution in [2.75, 3.05) is 18.0 Å². The first kappa shape index (κ1) is 15.0. The van der Waals surface area contributed by atoms with E-state index in [0.717, 1.165) is 22.2 Å². The Morgan fingerprint density at radius 2 is 2.25 bits per heavy atom. The van der Waals surface area contributed by atoms with E-state index in [0.29, 0.717) is 13.0 Å². The lowest BCUT2D eigenvalue weighted by molar-refractivity contribution is -0.384. The van der Waals surface area contributed by atoms with E-state index in [9.17, 15) is 20.0 Å². The van der Waals surface area contributed by atoms with Gasteiger partial charge in [0.2, 0.25) is 0 Å². The van der Waals surface area contributed by atoms with Crippen molar-refractivity contribution in [1.29, 1.82) is 0 Å². The van der Waals surface area contributed by atoms with Crippen LogP contribution in [-0.4, -0.2) is 29.1 Å². The Bertz CT molecular complexity index is 563. The van der Waals surface area contributed by atoms with Gasteiger partial charge in [0.05, 0.1) is 16.0 Å². The zero-order chi connectivity index (χ0) is 14.9. The Morgan fingerprint density at radius 3 is 2.80 bits per heavy atom. The molecule has 0 bridgehead atoms. The number of carboxylic acid groups (broad SMARTS) is 1. The lowest BCUT2D eigenvalue weighted by Crippen LogP contribution is -2.46. The second kappa shape index (κ2) is 5.55. The summed E-state index contributed by atoms with van der Waals surface area (Å²) in [5.41, 5.74) is 0.155. The quantitative estimate of drug-likeness (QED) is 0.488. The van der Waals surface area contributed by atoms with Gasteiger partial charge in [-0.05, 0) is 48.4 Å². The van der Waals surface area contributed by atoms with Crippen LogP contribution >= 0.6 is 22.6 Å². The topological polar surface area (TPSA) is 83.7 Å². The Labute approximate surface area is 130 Å². The van der Waals surface area contributed by atoms with Gasteiger partial charge in [0.1, 0.15) is 0 Å². The number of aliphatic carboxylic acids is 1. The van der Waals surface area contributed by atoms with Gasteiger partial charge in [0.25, 0.3) is 5.69 Å². The number of rotatable bonds is 3. The summed E-state index contributed by atoms with van der Waals surface area (Å²) < 4.78 is 0.770. The lowest BCUT2D eigenvalue weighted by atomic mass is 9.82. The molecule has 0 aliphatic carbocycles. The minimum Gasteiger partial charge on any atom is -0.481 e. The van der Waals surface area contributed by atoms with Gasteiger partial charge in [-0.2, -0.15) is 0 Å². The summed E-state index contributed by atoms with van der Waals surface area (Å²) >= 11 is 2.06. The van der Waals surface area contributed by atoms with Crippen LogP contribution in [-0.2, 0) is 4.79 Å². The van der Waals surface area contributed by atoms with Gasteiger partial charge in [-0.3, -0.25) is 14.9 Å². The Morgan fingerprint density at radius 1 is 1.55 bits per heavy atom. The Balaban J connectivity index is 2.28. The van der Waals surface area contributed by atoms with Crippen LogP contribution in [0.15, 0.2) is 18.2 Å². The zero-order valence-electron chi connectivity index (χ0n) is 11.0. The molecule has 0 saturated carbocycles. The third kappa shape index (κ3) is 2.87. The SMILES string of the molecule is CC1(C(=O)O)CCCN(c2ccc([N+](=O)[O-])cc2I)C1. The van der Waals surface area contributed by atoms with Crippen LogP contribution in [0, 0.1) is 19.1 Å². The molecule has 1 aliphatic rings. The molecule has 1 aliphatic heterocycles. The molecule has 108 valence electrons. The van der Waals surface area contributed by atoms with E-state index in [1.807, 2.05) is 4.90 Å². The van der Waals surface area contributed by atoms with E-state index >= 15 is 0 Å². The van der Waals surface area contributed by atoms with Gasteiger partial charge < -0.3 is 10.0 Å². The molecule has 7 heteroatoms. The number of non-ortho nitro benzene ring substituents is 1. The van der Waals surface area contributed by atoms with Crippen LogP contribution in [0.5, 0.6) is 0 Å². The largest absolute Gasteiger partial charge is 0.481 e. The number of carboxylic acids is 1. The van der Waals surface area contributed by atoms with Crippen molar-refractivity contribution in [2.24, 2.45) is 5.41 Å². The van der Waals surface area contributed by atoms with E-state index in [2.05, 4.69) is 22.6 Å². The molecule has 1 atom stereocenters. The molecule has 1 heterocycles. The molecule has 1 aromatic rings. The zero-order valence-corrected chi connectivity index (χ0v) is 13.2. The van der Waals surface area contributed by atoms with E-state index in [4.69, 9.17) is 0 Å². The number of nitro benzene ring substituents is 1. The average molecular weight is 390 g/mol. The van der Waals surface area contributed by atoms with Crippen molar-refractivity contribution >= 4 is 39.9 Å². The minimum atomic E-state index is -0.792. The van der Waals surface area contributed by atoms with E-state index < -0.39 is 16.3 Å². The van der Waals surface area contributed by atoms with Crippen LogP contribution in [0.3, 0.4) is 0 Å². The summed E-state index contributed by atoms with van der Waals surface area (Å²) in [6.07, 6.45) is 1.46. The van der Waals surface area contributed by atoms with Crippen LogP contribution in [0.25, 0.3) is 0 Å². The first-order valence-corrected chi connectivity index (χ1v) is 7.34. The lowest BCUT2D eigenvalue weighted by Gasteiger charge is -2.39. The van der Waals surface area contributed by atoms with Crippen LogP contribution < -0.4 is 4.90 Å². The molecule has 1 saturated heterocycles. The highest BCUT2D eigenvalue weighted by Gasteiger charge is 2.38. The van der Waals surface area contributed by atoms with Gasteiger partial charge in [-0.15, -0.1) is 0 Å². The number of halogens is 1. The highest BCUT2D eigenvalue weighted by atomic mass is 127. The van der Waals surface area contributed by atoms with Gasteiger partial charge in [0, 0.05) is 28.8 Å². The van der Waals surface area contributed by atoms with E-state index in [-0.39, 0.29) is 5.69 Å².